The van der Waals surface area contributed by atoms with Gasteiger partial charge in [0.2, 0.25) is 0 Å². The van der Waals surface area contributed by atoms with Crippen LogP contribution in [0.2, 0.25) is 0 Å². The Kier molecular flexibility index (Phi) is 110. The van der Waals surface area contributed by atoms with Gasteiger partial charge in [-0.15, -0.1) is 6.61 Å². The van der Waals surface area contributed by atoms with Crippen LogP contribution in [-0.2, 0) is 58.4 Å². The molecule has 0 saturated carbocycles. The Morgan fingerprint density at radius 3 is 1.00 bits per heavy atom. The van der Waals surface area contributed by atoms with Crippen LogP contribution in [0.25, 0.3) is 0 Å². The van der Waals surface area contributed by atoms with Crippen LogP contribution in [0.15, 0.2) is 0 Å². The minimum Gasteiger partial charge on any atom is -0.855 e. The third kappa shape index (κ3) is 80.2. The van der Waals surface area contributed by atoms with Crippen molar-refractivity contribution in [1.29, 1.82) is 0 Å². The van der Waals surface area contributed by atoms with E-state index >= 15 is 0 Å². The topological polar surface area (TPSA) is 89.4 Å². The van der Waals surface area contributed by atoms with Gasteiger partial charge in [-0.3, -0.25) is 0 Å². The average Bonchev–Trinajstić information content (AvgIpc) is 1.88. The van der Waals surface area contributed by atoms with E-state index in [1.165, 1.54) is 0 Å². The Labute approximate surface area is 105 Å². The number of aliphatic hydroxyl groups excluding tert-OH is 1. The number of aliphatic hydroxyl groups is 1. The molecule has 0 spiro atoms. The first-order valence-corrected chi connectivity index (χ1v) is 2.18. The normalized spacial score (nSPS) is 5.45. The maximum Gasteiger partial charge on any atom is 3.00 e. The van der Waals surface area contributed by atoms with E-state index in [-0.39, 0.29) is 71.6 Å². The number of hydrogen-bond donors (Lipinski definition) is 1. The van der Waals surface area contributed by atoms with Crippen LogP contribution >= 0.6 is 0 Å². The Balaban J connectivity index is -0.0000000171. The minimum absolute atomic E-state index is 0. The van der Waals surface area contributed by atoms with Gasteiger partial charge in [-0.05, 0) is 0 Å². The first kappa shape index (κ1) is 29.3. The van der Waals surface area contributed by atoms with E-state index in [0.29, 0.717) is 0 Å². The van der Waals surface area contributed by atoms with Gasteiger partial charge in [0.25, 0.3) is 0 Å². The molecule has 0 rings (SSSR count). The molecule has 11 heavy (non-hydrogen) atoms. The Bertz CT molecular complexity index is 25.3. The first-order valence-electron chi connectivity index (χ1n) is 2.18. The molecule has 0 amide bonds. The SMILES string of the molecule is [O-]CCO.[O-]CC[O-].[Rh+3].[Rh].[Rh]. The molecular formula is C4H9O4Rh3. The second kappa shape index (κ2) is 41.2. The summed E-state index contributed by atoms with van der Waals surface area (Å²) in [6.07, 6.45) is 0. The van der Waals surface area contributed by atoms with Gasteiger partial charge in [-0.25, -0.2) is 0 Å². The van der Waals surface area contributed by atoms with E-state index in [2.05, 4.69) is 0 Å². The van der Waals surface area contributed by atoms with Gasteiger partial charge < -0.3 is 20.4 Å². The fourth-order valence-corrected chi connectivity index (χ4v) is 0. The van der Waals surface area contributed by atoms with Crippen molar-refractivity contribution in [1.82, 2.24) is 0 Å². The molecule has 0 aromatic rings. The molecule has 0 aromatic carbocycles. The summed E-state index contributed by atoms with van der Waals surface area (Å²) in [5.74, 6) is 0. The summed E-state index contributed by atoms with van der Waals surface area (Å²) in [4.78, 5) is 0. The number of rotatable bonds is 2. The second-order valence-electron chi connectivity index (χ2n) is 0.836. The number of hydrogen-bond acceptors (Lipinski definition) is 4. The monoisotopic (exact) mass is 430 g/mol. The Hall–Kier alpha value is 1.71. The quantitative estimate of drug-likeness (QED) is 0.454. The third-order valence-electron chi connectivity index (χ3n) is 0.175. The minimum atomic E-state index is -0.486. The van der Waals surface area contributed by atoms with E-state index in [1.807, 2.05) is 0 Å². The van der Waals surface area contributed by atoms with Gasteiger partial charge in [0.05, 0.1) is 0 Å². The van der Waals surface area contributed by atoms with Gasteiger partial charge >= 0.3 is 19.5 Å². The van der Waals surface area contributed by atoms with Gasteiger partial charge in [0, 0.05) is 45.6 Å². The van der Waals surface area contributed by atoms with Gasteiger partial charge in [-0.2, -0.15) is 13.2 Å². The summed E-state index contributed by atoms with van der Waals surface area (Å²) in [5.41, 5.74) is 0. The van der Waals surface area contributed by atoms with Gasteiger partial charge in [0.15, 0.2) is 0 Å². The fourth-order valence-electron chi connectivity index (χ4n) is 0. The molecule has 4 nitrogen and oxygen atoms in total. The standard InChI is InChI=1S/C2H5O2.C2H4O2.3Rh/c2*3-1-2-4;;;/h3H,1-2H2;1-2H2;;;/q-1;-2;;;+3. The zero-order valence-corrected chi connectivity index (χ0v) is 10.4. The largest absolute Gasteiger partial charge is 3.00 e. The molecule has 0 fully saturated rings. The fraction of sp³-hybridized carbons (Fsp3) is 1.00. The molecule has 0 heterocycles. The van der Waals surface area contributed by atoms with Crippen LogP contribution < -0.4 is 15.3 Å². The maximum absolute atomic E-state index is 9.05. The molecular weight excluding hydrogens is 421 g/mol. The van der Waals surface area contributed by atoms with E-state index in [4.69, 9.17) is 20.4 Å². The van der Waals surface area contributed by atoms with E-state index in [1.54, 1.807) is 0 Å². The predicted molar refractivity (Wildman–Crippen MR) is 21.7 cm³/mol. The third-order valence-corrected chi connectivity index (χ3v) is 0.175. The van der Waals surface area contributed by atoms with Crippen molar-refractivity contribution in [2.75, 3.05) is 26.4 Å². The summed E-state index contributed by atoms with van der Waals surface area (Å²) < 4.78 is 0. The van der Waals surface area contributed by atoms with Crippen LogP contribution in [0.1, 0.15) is 0 Å². The molecule has 7 heteroatoms. The van der Waals surface area contributed by atoms with Gasteiger partial charge in [-0.1, -0.05) is 0 Å². The summed E-state index contributed by atoms with van der Waals surface area (Å²) in [7, 11) is 0. The van der Waals surface area contributed by atoms with Crippen LogP contribution in [0.5, 0.6) is 0 Å². The van der Waals surface area contributed by atoms with Crippen LogP contribution in [0.3, 0.4) is 0 Å². The average molecular weight is 430 g/mol. The van der Waals surface area contributed by atoms with E-state index in [0.717, 1.165) is 0 Å². The second-order valence-corrected chi connectivity index (χ2v) is 0.836. The molecule has 0 aliphatic heterocycles. The molecule has 0 bridgehead atoms. The zero-order valence-electron chi connectivity index (χ0n) is 5.50. The van der Waals surface area contributed by atoms with E-state index < -0.39 is 13.2 Å². The molecule has 0 aromatic heterocycles. The predicted octanol–water partition coefficient (Wildman–Crippen LogP) is -3.96. The smallest absolute Gasteiger partial charge is 0.855 e. The van der Waals surface area contributed by atoms with E-state index in [9.17, 15) is 0 Å². The summed E-state index contributed by atoms with van der Waals surface area (Å²) in [5, 5.41) is 34.6. The van der Waals surface area contributed by atoms with Crippen molar-refractivity contribution >= 4 is 0 Å². The summed E-state index contributed by atoms with van der Waals surface area (Å²) in [6, 6.07) is 0. The van der Waals surface area contributed by atoms with Crippen molar-refractivity contribution < 1.29 is 78.9 Å². The maximum atomic E-state index is 9.05. The molecule has 0 aliphatic rings. The molecule has 2 radical (unpaired) electrons. The van der Waals surface area contributed by atoms with Crippen LogP contribution in [-0.4, -0.2) is 31.5 Å². The summed E-state index contributed by atoms with van der Waals surface area (Å²) in [6.45, 7) is -1.58. The molecule has 0 atom stereocenters. The van der Waals surface area contributed by atoms with Gasteiger partial charge in [0.1, 0.15) is 0 Å². The van der Waals surface area contributed by atoms with Crippen molar-refractivity contribution in [3.63, 3.8) is 0 Å². The van der Waals surface area contributed by atoms with Crippen LogP contribution in [0, 0.1) is 0 Å². The van der Waals surface area contributed by atoms with Crippen molar-refractivity contribution in [2.24, 2.45) is 0 Å². The molecule has 76 valence electrons. The van der Waals surface area contributed by atoms with Crippen molar-refractivity contribution in [3.05, 3.63) is 0 Å². The Morgan fingerprint density at radius 2 is 1.00 bits per heavy atom. The Morgan fingerprint density at radius 1 is 0.818 bits per heavy atom. The molecule has 0 unspecified atom stereocenters. The molecule has 1 N–H and O–H groups in total. The molecule has 0 saturated heterocycles. The zero-order chi connectivity index (χ0) is 6.83. The van der Waals surface area contributed by atoms with Crippen LogP contribution in [0.4, 0.5) is 0 Å². The van der Waals surface area contributed by atoms with Crippen molar-refractivity contribution in [2.45, 2.75) is 0 Å². The summed E-state index contributed by atoms with van der Waals surface area (Å²) >= 11 is 0. The molecule has 0 aliphatic carbocycles. The van der Waals surface area contributed by atoms with Crippen molar-refractivity contribution in [3.8, 4) is 0 Å². The first-order chi connectivity index (χ1) is 3.83.